The number of methoxy groups -OCH3 is 1. The molecule has 1 unspecified atom stereocenters. The molecule has 3 aromatic carbocycles. The quantitative estimate of drug-likeness (QED) is 0.699. The molecule has 0 bridgehead atoms. The predicted molar refractivity (Wildman–Crippen MR) is 104 cm³/mol. The number of amides is 1. The van der Waals surface area contributed by atoms with Gasteiger partial charge >= 0.3 is 0 Å². The van der Waals surface area contributed by atoms with Crippen molar-refractivity contribution in [1.29, 1.82) is 0 Å². The van der Waals surface area contributed by atoms with Gasteiger partial charge in [0.25, 0.3) is 5.91 Å². The Balaban J connectivity index is 1.77. The van der Waals surface area contributed by atoms with Gasteiger partial charge in [-0.05, 0) is 54.4 Å². The summed E-state index contributed by atoms with van der Waals surface area (Å²) < 4.78 is 10.8. The van der Waals surface area contributed by atoms with E-state index in [1.165, 1.54) is 5.39 Å². The molecule has 4 heteroatoms. The zero-order valence-electron chi connectivity index (χ0n) is 15.3. The molecule has 4 nitrogen and oxygen atoms in total. The largest absolute Gasteiger partial charge is 0.493 e. The molecular formula is C22H23NO3. The second kappa shape index (κ2) is 7.91. The lowest BCUT2D eigenvalue weighted by molar-refractivity contribution is 0.0939. The third kappa shape index (κ3) is 3.80. The van der Waals surface area contributed by atoms with Crippen LogP contribution in [0, 0.1) is 0 Å². The first-order valence-electron chi connectivity index (χ1n) is 8.72. The summed E-state index contributed by atoms with van der Waals surface area (Å²) in [6.45, 7) is 4.43. The highest BCUT2D eigenvalue weighted by Crippen LogP contribution is 2.28. The Labute approximate surface area is 153 Å². The van der Waals surface area contributed by atoms with Gasteiger partial charge in [-0.1, -0.05) is 36.4 Å². The number of nitrogens with one attached hydrogen (secondary N) is 1. The highest BCUT2D eigenvalue weighted by Gasteiger charge is 2.14. The molecule has 1 atom stereocenters. The van der Waals surface area contributed by atoms with Crippen LogP contribution >= 0.6 is 0 Å². The maximum absolute atomic E-state index is 12.6. The summed E-state index contributed by atoms with van der Waals surface area (Å²) in [4.78, 5) is 12.6. The molecule has 0 fully saturated rings. The van der Waals surface area contributed by atoms with E-state index in [9.17, 15) is 4.79 Å². The van der Waals surface area contributed by atoms with Crippen molar-refractivity contribution in [2.24, 2.45) is 0 Å². The average molecular weight is 349 g/mol. The third-order valence-corrected chi connectivity index (χ3v) is 4.35. The summed E-state index contributed by atoms with van der Waals surface area (Å²) in [6, 6.07) is 19.5. The smallest absolute Gasteiger partial charge is 0.251 e. The van der Waals surface area contributed by atoms with Gasteiger partial charge in [-0.3, -0.25) is 4.79 Å². The minimum atomic E-state index is -0.146. The summed E-state index contributed by atoms with van der Waals surface area (Å²) in [7, 11) is 1.57. The highest BCUT2D eigenvalue weighted by atomic mass is 16.5. The number of rotatable bonds is 6. The summed E-state index contributed by atoms with van der Waals surface area (Å²) in [6.07, 6.45) is 0. The van der Waals surface area contributed by atoms with Crippen LogP contribution in [0.15, 0.2) is 60.7 Å². The fraction of sp³-hybridized carbons (Fsp3) is 0.227. The summed E-state index contributed by atoms with van der Waals surface area (Å²) in [5.41, 5.74) is 1.60. The molecule has 0 aliphatic rings. The fourth-order valence-electron chi connectivity index (χ4n) is 2.92. The molecule has 1 N–H and O–H groups in total. The first-order chi connectivity index (χ1) is 12.6. The lowest BCUT2D eigenvalue weighted by Gasteiger charge is -2.16. The van der Waals surface area contributed by atoms with E-state index < -0.39 is 0 Å². The average Bonchev–Trinajstić information content (AvgIpc) is 2.68. The van der Waals surface area contributed by atoms with Crippen LogP contribution in [0.1, 0.15) is 35.8 Å². The van der Waals surface area contributed by atoms with Gasteiger partial charge in [0.1, 0.15) is 0 Å². The van der Waals surface area contributed by atoms with E-state index in [1.807, 2.05) is 32.0 Å². The minimum Gasteiger partial charge on any atom is -0.493 e. The Bertz CT molecular complexity index is 920. The van der Waals surface area contributed by atoms with Crippen molar-refractivity contribution >= 4 is 16.7 Å². The van der Waals surface area contributed by atoms with Gasteiger partial charge in [0.2, 0.25) is 0 Å². The molecule has 1 amide bonds. The third-order valence-electron chi connectivity index (χ3n) is 4.35. The molecule has 0 aromatic heterocycles. The molecule has 3 aromatic rings. The maximum Gasteiger partial charge on any atom is 0.251 e. The monoisotopic (exact) mass is 349 g/mol. The summed E-state index contributed by atoms with van der Waals surface area (Å²) in [5, 5.41) is 5.39. The number of hydrogen-bond acceptors (Lipinski definition) is 3. The second-order valence-electron chi connectivity index (χ2n) is 6.10. The number of hydrogen-bond donors (Lipinski definition) is 1. The van der Waals surface area contributed by atoms with Crippen LogP contribution in [-0.4, -0.2) is 19.6 Å². The topological polar surface area (TPSA) is 47.6 Å². The minimum absolute atomic E-state index is 0.107. The zero-order chi connectivity index (χ0) is 18.5. The molecule has 134 valence electrons. The van der Waals surface area contributed by atoms with Crippen LogP contribution in [0.2, 0.25) is 0 Å². The second-order valence-corrected chi connectivity index (χ2v) is 6.10. The van der Waals surface area contributed by atoms with Crippen molar-refractivity contribution in [3.8, 4) is 11.5 Å². The van der Waals surface area contributed by atoms with Gasteiger partial charge in [0.15, 0.2) is 11.5 Å². The Kier molecular flexibility index (Phi) is 5.42. The normalized spacial score (nSPS) is 11.8. The highest BCUT2D eigenvalue weighted by molar-refractivity contribution is 5.95. The number of benzene rings is 3. The molecule has 0 spiro atoms. The molecule has 0 aliphatic carbocycles. The number of ether oxygens (including phenoxy) is 2. The van der Waals surface area contributed by atoms with Gasteiger partial charge in [-0.15, -0.1) is 0 Å². The predicted octanol–water partition coefficient (Wildman–Crippen LogP) is 4.74. The zero-order valence-corrected chi connectivity index (χ0v) is 15.3. The van der Waals surface area contributed by atoms with E-state index in [1.54, 1.807) is 25.3 Å². The van der Waals surface area contributed by atoms with Crippen LogP contribution in [0.3, 0.4) is 0 Å². The Morgan fingerprint density at radius 3 is 2.50 bits per heavy atom. The van der Waals surface area contributed by atoms with Gasteiger partial charge in [0.05, 0.1) is 19.8 Å². The van der Waals surface area contributed by atoms with E-state index in [0.29, 0.717) is 23.7 Å². The number of carbonyl (C=O) groups excluding carboxylic acids is 1. The van der Waals surface area contributed by atoms with E-state index in [4.69, 9.17) is 9.47 Å². The van der Waals surface area contributed by atoms with E-state index in [2.05, 4.69) is 29.6 Å². The lowest BCUT2D eigenvalue weighted by atomic mass is 10.0. The number of carbonyl (C=O) groups is 1. The first kappa shape index (κ1) is 17.8. The van der Waals surface area contributed by atoms with Crippen LogP contribution in [0.25, 0.3) is 10.8 Å². The summed E-state index contributed by atoms with van der Waals surface area (Å²) >= 11 is 0. The van der Waals surface area contributed by atoms with E-state index >= 15 is 0 Å². The Morgan fingerprint density at radius 1 is 1.00 bits per heavy atom. The first-order valence-corrected chi connectivity index (χ1v) is 8.72. The molecule has 26 heavy (non-hydrogen) atoms. The van der Waals surface area contributed by atoms with Crippen LogP contribution in [0.4, 0.5) is 0 Å². The molecule has 0 radical (unpaired) electrons. The van der Waals surface area contributed by atoms with E-state index in [0.717, 1.165) is 10.9 Å². The maximum atomic E-state index is 12.6. The van der Waals surface area contributed by atoms with Crippen molar-refractivity contribution in [3.63, 3.8) is 0 Å². The van der Waals surface area contributed by atoms with Crippen LogP contribution in [-0.2, 0) is 0 Å². The molecule has 0 saturated carbocycles. The van der Waals surface area contributed by atoms with E-state index in [-0.39, 0.29) is 11.9 Å². The van der Waals surface area contributed by atoms with Gasteiger partial charge in [-0.2, -0.15) is 0 Å². The van der Waals surface area contributed by atoms with Crippen molar-refractivity contribution in [2.45, 2.75) is 19.9 Å². The van der Waals surface area contributed by atoms with Crippen molar-refractivity contribution in [3.05, 3.63) is 71.8 Å². The molecule has 0 saturated heterocycles. The van der Waals surface area contributed by atoms with Crippen LogP contribution < -0.4 is 14.8 Å². The Morgan fingerprint density at radius 2 is 1.77 bits per heavy atom. The van der Waals surface area contributed by atoms with Crippen molar-refractivity contribution < 1.29 is 14.3 Å². The van der Waals surface area contributed by atoms with Crippen LogP contribution in [0.5, 0.6) is 11.5 Å². The van der Waals surface area contributed by atoms with Crippen molar-refractivity contribution in [2.75, 3.05) is 13.7 Å². The standard InChI is InChI=1S/C22H23NO3/c1-4-26-20-12-11-19(14-21(20)25-3)22(24)23-15(2)17-10-9-16-7-5-6-8-18(16)13-17/h5-15H,4H2,1-3H3,(H,23,24). The summed E-state index contributed by atoms with van der Waals surface area (Å²) in [5.74, 6) is 1.04. The SMILES string of the molecule is CCOc1ccc(C(=O)NC(C)c2ccc3ccccc3c2)cc1OC. The lowest BCUT2D eigenvalue weighted by Crippen LogP contribution is -2.26. The molecule has 0 aliphatic heterocycles. The van der Waals surface area contributed by atoms with Gasteiger partial charge < -0.3 is 14.8 Å². The molecule has 0 heterocycles. The van der Waals surface area contributed by atoms with Gasteiger partial charge in [-0.25, -0.2) is 0 Å². The fourth-order valence-corrected chi connectivity index (χ4v) is 2.92. The molecule has 3 rings (SSSR count). The molecular weight excluding hydrogens is 326 g/mol. The Hall–Kier alpha value is -3.01. The van der Waals surface area contributed by atoms with Crippen molar-refractivity contribution in [1.82, 2.24) is 5.32 Å². The number of fused-ring (bicyclic) bond motifs is 1. The van der Waals surface area contributed by atoms with Gasteiger partial charge in [0, 0.05) is 5.56 Å².